The number of aryl methyl sites for hydroxylation is 1. The molecule has 4 rings (SSSR count). The number of nitrogens with zero attached hydrogens (tertiary/aromatic N) is 2. The Morgan fingerprint density at radius 2 is 1.77 bits per heavy atom. The zero-order valence-electron chi connectivity index (χ0n) is 16.4. The molecule has 0 atom stereocenters. The Morgan fingerprint density at radius 3 is 2.50 bits per heavy atom. The first-order chi connectivity index (χ1) is 14.5. The SMILES string of the molecule is Cc1ccc(CNC(=O)Cn2c(=O)nc(-c3ccccc3)c3cc(Cl)ccc32)cc1. The first kappa shape index (κ1) is 19.9. The normalized spacial score (nSPS) is 10.9. The van der Waals surface area contributed by atoms with Crippen molar-refractivity contribution in [2.45, 2.75) is 20.0 Å². The van der Waals surface area contributed by atoms with Crippen molar-refractivity contribution in [3.8, 4) is 11.3 Å². The standard InChI is InChI=1S/C24H20ClN3O2/c1-16-7-9-17(10-8-16)14-26-22(29)15-28-21-12-11-19(25)13-20(21)23(27-24(28)30)18-5-3-2-4-6-18/h2-13H,14-15H2,1H3,(H,26,29). The second-order valence-electron chi connectivity index (χ2n) is 7.12. The maximum atomic E-state index is 12.8. The maximum Gasteiger partial charge on any atom is 0.349 e. The molecule has 1 heterocycles. The van der Waals surface area contributed by atoms with Gasteiger partial charge < -0.3 is 5.32 Å². The molecule has 1 aromatic heterocycles. The van der Waals surface area contributed by atoms with Crippen LogP contribution in [0.4, 0.5) is 0 Å². The summed E-state index contributed by atoms with van der Waals surface area (Å²) in [7, 11) is 0. The summed E-state index contributed by atoms with van der Waals surface area (Å²) in [5.41, 5.74) is 3.66. The van der Waals surface area contributed by atoms with Crippen LogP contribution in [0.5, 0.6) is 0 Å². The first-order valence-electron chi connectivity index (χ1n) is 9.59. The Bertz CT molecular complexity index is 1270. The largest absolute Gasteiger partial charge is 0.350 e. The number of hydrogen-bond donors (Lipinski definition) is 1. The molecule has 0 aliphatic heterocycles. The molecule has 150 valence electrons. The minimum atomic E-state index is -0.478. The smallest absolute Gasteiger partial charge is 0.349 e. The van der Waals surface area contributed by atoms with Gasteiger partial charge in [-0.15, -0.1) is 0 Å². The minimum Gasteiger partial charge on any atom is -0.350 e. The molecule has 0 saturated carbocycles. The number of nitrogens with one attached hydrogen (secondary N) is 1. The lowest BCUT2D eigenvalue weighted by Gasteiger charge is -2.13. The highest BCUT2D eigenvalue weighted by Gasteiger charge is 2.15. The van der Waals surface area contributed by atoms with Crippen LogP contribution in [0.2, 0.25) is 5.02 Å². The fourth-order valence-corrected chi connectivity index (χ4v) is 3.50. The van der Waals surface area contributed by atoms with Gasteiger partial charge in [-0.1, -0.05) is 71.8 Å². The topological polar surface area (TPSA) is 64.0 Å². The van der Waals surface area contributed by atoms with E-state index in [1.165, 1.54) is 4.57 Å². The molecule has 0 saturated heterocycles. The number of hydrogen-bond acceptors (Lipinski definition) is 3. The number of amides is 1. The van der Waals surface area contributed by atoms with Crippen molar-refractivity contribution in [3.63, 3.8) is 0 Å². The predicted octanol–water partition coefficient (Wildman–Crippen LogP) is 4.34. The maximum absolute atomic E-state index is 12.8. The van der Waals surface area contributed by atoms with Gasteiger partial charge in [0.25, 0.3) is 0 Å². The molecule has 0 aliphatic carbocycles. The third kappa shape index (κ3) is 4.26. The molecule has 0 spiro atoms. The summed E-state index contributed by atoms with van der Waals surface area (Å²) in [6.45, 7) is 2.29. The summed E-state index contributed by atoms with van der Waals surface area (Å²) in [5.74, 6) is -0.261. The summed E-state index contributed by atoms with van der Waals surface area (Å²) in [6.07, 6.45) is 0. The van der Waals surface area contributed by atoms with Crippen molar-refractivity contribution < 1.29 is 4.79 Å². The van der Waals surface area contributed by atoms with Crippen LogP contribution in [0, 0.1) is 6.92 Å². The van der Waals surface area contributed by atoms with E-state index in [0.29, 0.717) is 22.8 Å². The van der Waals surface area contributed by atoms with E-state index in [9.17, 15) is 9.59 Å². The molecule has 5 nitrogen and oxygen atoms in total. The van der Waals surface area contributed by atoms with E-state index in [1.54, 1.807) is 18.2 Å². The van der Waals surface area contributed by atoms with E-state index in [0.717, 1.165) is 22.1 Å². The van der Waals surface area contributed by atoms with Crippen LogP contribution in [-0.2, 0) is 17.9 Å². The van der Waals surface area contributed by atoms with E-state index >= 15 is 0 Å². The van der Waals surface area contributed by atoms with E-state index < -0.39 is 5.69 Å². The molecule has 4 aromatic rings. The van der Waals surface area contributed by atoms with Gasteiger partial charge in [0.05, 0.1) is 11.2 Å². The van der Waals surface area contributed by atoms with E-state index in [2.05, 4.69) is 10.3 Å². The highest BCUT2D eigenvalue weighted by Crippen LogP contribution is 2.27. The average Bonchev–Trinajstić information content (AvgIpc) is 2.75. The second kappa shape index (κ2) is 8.51. The van der Waals surface area contributed by atoms with Gasteiger partial charge in [0.1, 0.15) is 6.54 Å². The zero-order chi connectivity index (χ0) is 21.1. The number of carbonyl (C=O) groups excluding carboxylic acids is 1. The summed E-state index contributed by atoms with van der Waals surface area (Å²) in [5, 5.41) is 4.12. The van der Waals surface area contributed by atoms with E-state index in [4.69, 9.17) is 11.6 Å². The molecular weight excluding hydrogens is 398 g/mol. The Balaban J connectivity index is 1.66. The number of halogens is 1. The Kier molecular flexibility index (Phi) is 5.63. The zero-order valence-corrected chi connectivity index (χ0v) is 17.2. The van der Waals surface area contributed by atoms with Crippen LogP contribution >= 0.6 is 11.6 Å². The van der Waals surface area contributed by atoms with Crippen molar-refractivity contribution in [2.24, 2.45) is 0 Å². The molecule has 0 radical (unpaired) electrons. The molecule has 0 fully saturated rings. The molecular formula is C24H20ClN3O2. The third-order valence-corrected chi connectivity index (χ3v) is 5.14. The van der Waals surface area contributed by atoms with Crippen molar-refractivity contribution in [2.75, 3.05) is 0 Å². The summed E-state index contributed by atoms with van der Waals surface area (Å²) in [6, 6.07) is 22.6. The van der Waals surface area contributed by atoms with Gasteiger partial charge in [0.2, 0.25) is 5.91 Å². The lowest BCUT2D eigenvalue weighted by Crippen LogP contribution is -2.33. The monoisotopic (exact) mass is 417 g/mol. The lowest BCUT2D eigenvalue weighted by atomic mass is 10.1. The van der Waals surface area contributed by atoms with Crippen LogP contribution in [0.25, 0.3) is 22.2 Å². The Morgan fingerprint density at radius 1 is 1.03 bits per heavy atom. The van der Waals surface area contributed by atoms with Crippen LogP contribution in [0.1, 0.15) is 11.1 Å². The van der Waals surface area contributed by atoms with Crippen LogP contribution in [-0.4, -0.2) is 15.5 Å². The molecule has 0 unspecified atom stereocenters. The number of carbonyl (C=O) groups is 1. The molecule has 1 amide bonds. The predicted molar refractivity (Wildman–Crippen MR) is 119 cm³/mol. The first-order valence-corrected chi connectivity index (χ1v) is 9.97. The van der Waals surface area contributed by atoms with Gasteiger partial charge in [-0.05, 0) is 30.7 Å². The summed E-state index contributed by atoms with van der Waals surface area (Å²) >= 11 is 6.21. The molecule has 30 heavy (non-hydrogen) atoms. The summed E-state index contributed by atoms with van der Waals surface area (Å²) < 4.78 is 1.38. The van der Waals surface area contributed by atoms with E-state index in [1.807, 2.05) is 61.5 Å². The van der Waals surface area contributed by atoms with Gasteiger partial charge >= 0.3 is 5.69 Å². The van der Waals surface area contributed by atoms with Crippen molar-refractivity contribution in [1.82, 2.24) is 14.9 Å². The quantitative estimate of drug-likeness (QED) is 0.525. The van der Waals surface area contributed by atoms with Gasteiger partial charge in [-0.2, -0.15) is 4.98 Å². The molecule has 6 heteroatoms. The number of benzene rings is 3. The van der Waals surface area contributed by atoms with Gasteiger partial charge in [-0.25, -0.2) is 4.79 Å². The van der Waals surface area contributed by atoms with Gasteiger partial charge in [0, 0.05) is 22.5 Å². The fourth-order valence-electron chi connectivity index (χ4n) is 3.33. The lowest BCUT2D eigenvalue weighted by molar-refractivity contribution is -0.121. The Labute approximate surface area is 179 Å². The fraction of sp³-hybridized carbons (Fsp3) is 0.125. The molecule has 1 N–H and O–H groups in total. The molecule has 3 aromatic carbocycles. The van der Waals surface area contributed by atoms with Crippen molar-refractivity contribution in [3.05, 3.63) is 99.4 Å². The van der Waals surface area contributed by atoms with Gasteiger partial charge in [-0.3, -0.25) is 9.36 Å². The van der Waals surface area contributed by atoms with Crippen LogP contribution < -0.4 is 11.0 Å². The number of rotatable bonds is 5. The number of aromatic nitrogens is 2. The second-order valence-corrected chi connectivity index (χ2v) is 7.56. The Hall–Kier alpha value is -3.44. The van der Waals surface area contributed by atoms with Crippen LogP contribution in [0.3, 0.4) is 0 Å². The highest BCUT2D eigenvalue weighted by atomic mass is 35.5. The van der Waals surface area contributed by atoms with Gasteiger partial charge in [0.15, 0.2) is 0 Å². The van der Waals surface area contributed by atoms with E-state index in [-0.39, 0.29) is 12.5 Å². The van der Waals surface area contributed by atoms with Crippen molar-refractivity contribution in [1.29, 1.82) is 0 Å². The van der Waals surface area contributed by atoms with Crippen LogP contribution in [0.15, 0.2) is 77.6 Å². The third-order valence-electron chi connectivity index (χ3n) is 4.90. The molecule has 0 bridgehead atoms. The van der Waals surface area contributed by atoms with Crippen molar-refractivity contribution >= 4 is 28.4 Å². The molecule has 0 aliphatic rings. The summed E-state index contributed by atoms with van der Waals surface area (Å²) in [4.78, 5) is 29.6. The highest BCUT2D eigenvalue weighted by molar-refractivity contribution is 6.31. The number of fused-ring (bicyclic) bond motifs is 1. The average molecular weight is 418 g/mol. The minimum absolute atomic E-state index is 0.120.